The zero-order chi connectivity index (χ0) is 14.7. The van der Waals surface area contributed by atoms with Crippen LogP contribution in [0, 0.1) is 5.92 Å². The Morgan fingerprint density at radius 1 is 1.10 bits per heavy atom. The molecular weight excluding hydrogens is 262 g/mol. The van der Waals surface area contributed by atoms with Crippen molar-refractivity contribution in [2.75, 3.05) is 6.54 Å². The van der Waals surface area contributed by atoms with Crippen LogP contribution in [0.25, 0.3) is 10.8 Å². The molecule has 0 unspecified atom stereocenters. The van der Waals surface area contributed by atoms with E-state index in [-0.39, 0.29) is 11.7 Å². The third-order valence-corrected chi connectivity index (χ3v) is 4.42. The monoisotopic (exact) mass is 283 g/mol. The van der Waals surface area contributed by atoms with Gasteiger partial charge in [-0.25, -0.2) is 0 Å². The van der Waals surface area contributed by atoms with Crippen molar-refractivity contribution in [3.05, 3.63) is 42.0 Å². The minimum atomic E-state index is -0.177. The molecule has 0 heterocycles. The second-order valence-corrected chi connectivity index (χ2v) is 5.90. The minimum absolute atomic E-state index is 0.0780. The molecule has 0 radical (unpaired) electrons. The summed E-state index contributed by atoms with van der Waals surface area (Å²) in [5.41, 5.74) is 0.365. The molecule has 1 fully saturated rings. The van der Waals surface area contributed by atoms with E-state index in [0.29, 0.717) is 18.0 Å². The van der Waals surface area contributed by atoms with E-state index < -0.39 is 0 Å². The van der Waals surface area contributed by atoms with E-state index in [1.807, 2.05) is 30.3 Å². The van der Waals surface area contributed by atoms with Crippen molar-refractivity contribution in [2.45, 2.75) is 32.1 Å². The maximum atomic E-state index is 12.3. The van der Waals surface area contributed by atoms with Gasteiger partial charge in [-0.2, -0.15) is 0 Å². The fraction of sp³-hybridized carbons (Fsp3) is 0.389. The van der Waals surface area contributed by atoms with Crippen LogP contribution in [-0.2, 0) is 0 Å². The van der Waals surface area contributed by atoms with Gasteiger partial charge in [0.05, 0.1) is 5.56 Å². The summed E-state index contributed by atoms with van der Waals surface area (Å²) < 4.78 is 0. The normalized spacial score (nSPS) is 16.0. The largest absolute Gasteiger partial charge is 0.506 e. The molecule has 3 heteroatoms. The van der Waals surface area contributed by atoms with E-state index in [2.05, 4.69) is 5.32 Å². The van der Waals surface area contributed by atoms with Crippen LogP contribution >= 0.6 is 0 Å². The molecule has 0 saturated heterocycles. The average Bonchev–Trinajstić information content (AvgIpc) is 2.54. The molecule has 0 bridgehead atoms. The molecule has 110 valence electrons. The summed E-state index contributed by atoms with van der Waals surface area (Å²) >= 11 is 0. The van der Waals surface area contributed by atoms with E-state index in [9.17, 15) is 9.90 Å². The first-order valence-electron chi connectivity index (χ1n) is 7.74. The Morgan fingerprint density at radius 2 is 1.86 bits per heavy atom. The van der Waals surface area contributed by atoms with Gasteiger partial charge in [0.25, 0.3) is 5.91 Å². The van der Waals surface area contributed by atoms with Gasteiger partial charge in [-0.15, -0.1) is 0 Å². The first-order valence-corrected chi connectivity index (χ1v) is 7.74. The van der Waals surface area contributed by atoms with E-state index in [1.54, 1.807) is 6.07 Å². The second-order valence-electron chi connectivity index (χ2n) is 5.90. The van der Waals surface area contributed by atoms with Gasteiger partial charge in [-0.05, 0) is 30.2 Å². The molecule has 21 heavy (non-hydrogen) atoms. The molecular formula is C18H21NO2. The topological polar surface area (TPSA) is 49.3 Å². The highest BCUT2D eigenvalue weighted by atomic mass is 16.3. The Labute approximate surface area is 125 Å². The summed E-state index contributed by atoms with van der Waals surface area (Å²) in [6.07, 6.45) is 6.24. The smallest absolute Gasteiger partial charge is 0.255 e. The standard InChI is InChI=1S/C18H21NO2/c20-17-15-9-5-4-8-14(15)10-11-16(17)18(21)19-12-13-6-2-1-3-7-13/h4-5,8-11,13,20H,1-3,6-7,12H2,(H,19,21). The van der Waals surface area contributed by atoms with Crippen LogP contribution in [-0.4, -0.2) is 17.6 Å². The molecule has 0 aliphatic heterocycles. The zero-order valence-corrected chi connectivity index (χ0v) is 12.1. The van der Waals surface area contributed by atoms with Crippen LogP contribution in [0.1, 0.15) is 42.5 Å². The summed E-state index contributed by atoms with van der Waals surface area (Å²) in [5.74, 6) is 0.489. The molecule has 3 nitrogen and oxygen atoms in total. The predicted octanol–water partition coefficient (Wildman–Crippen LogP) is 3.86. The van der Waals surface area contributed by atoms with Crippen LogP contribution < -0.4 is 5.32 Å². The van der Waals surface area contributed by atoms with Crippen molar-refractivity contribution >= 4 is 16.7 Å². The molecule has 3 rings (SSSR count). The number of hydrogen-bond donors (Lipinski definition) is 2. The van der Waals surface area contributed by atoms with Crippen LogP contribution in [0.2, 0.25) is 0 Å². The first-order chi connectivity index (χ1) is 10.3. The number of nitrogens with one attached hydrogen (secondary N) is 1. The number of carbonyl (C=O) groups excluding carboxylic acids is 1. The SMILES string of the molecule is O=C(NCC1CCCCC1)c1ccc2ccccc2c1O. The lowest BCUT2D eigenvalue weighted by Crippen LogP contribution is -2.30. The molecule has 2 aromatic carbocycles. The maximum absolute atomic E-state index is 12.3. The summed E-state index contributed by atoms with van der Waals surface area (Å²) in [6.45, 7) is 0.713. The summed E-state index contributed by atoms with van der Waals surface area (Å²) in [7, 11) is 0. The number of rotatable bonds is 3. The van der Waals surface area contributed by atoms with E-state index in [4.69, 9.17) is 0 Å². The van der Waals surface area contributed by atoms with Gasteiger partial charge in [0.2, 0.25) is 0 Å². The number of phenolic OH excluding ortho intramolecular Hbond substituents is 1. The third kappa shape index (κ3) is 3.02. The van der Waals surface area contributed by atoms with Gasteiger partial charge in [0.1, 0.15) is 5.75 Å². The molecule has 1 aliphatic carbocycles. The van der Waals surface area contributed by atoms with Crippen molar-refractivity contribution in [1.82, 2.24) is 5.32 Å². The van der Waals surface area contributed by atoms with E-state index in [0.717, 1.165) is 10.8 Å². The maximum Gasteiger partial charge on any atom is 0.255 e. The van der Waals surface area contributed by atoms with Crippen LogP contribution in [0.15, 0.2) is 36.4 Å². The molecule has 0 aromatic heterocycles. The number of fused-ring (bicyclic) bond motifs is 1. The summed E-state index contributed by atoms with van der Waals surface area (Å²) in [5, 5.41) is 14.9. The highest BCUT2D eigenvalue weighted by Crippen LogP contribution is 2.28. The van der Waals surface area contributed by atoms with Gasteiger partial charge in [0, 0.05) is 11.9 Å². The van der Waals surface area contributed by atoms with Crippen molar-refractivity contribution in [2.24, 2.45) is 5.92 Å². The average molecular weight is 283 g/mol. The third-order valence-electron chi connectivity index (χ3n) is 4.42. The van der Waals surface area contributed by atoms with Crippen LogP contribution in [0.5, 0.6) is 5.75 Å². The lowest BCUT2D eigenvalue weighted by Gasteiger charge is -2.21. The zero-order valence-electron chi connectivity index (χ0n) is 12.1. The second kappa shape index (κ2) is 6.17. The van der Waals surface area contributed by atoms with Gasteiger partial charge >= 0.3 is 0 Å². The van der Waals surface area contributed by atoms with Crippen molar-refractivity contribution < 1.29 is 9.90 Å². The Kier molecular flexibility index (Phi) is 4.09. The number of aromatic hydroxyl groups is 1. The molecule has 1 amide bonds. The predicted molar refractivity (Wildman–Crippen MR) is 84.5 cm³/mol. The molecule has 0 atom stereocenters. The van der Waals surface area contributed by atoms with Crippen molar-refractivity contribution in [3.63, 3.8) is 0 Å². The number of phenols is 1. The van der Waals surface area contributed by atoms with Crippen molar-refractivity contribution in [1.29, 1.82) is 0 Å². The quantitative estimate of drug-likeness (QED) is 0.898. The Hall–Kier alpha value is -2.03. The highest BCUT2D eigenvalue weighted by molar-refractivity contribution is 6.03. The van der Waals surface area contributed by atoms with Gasteiger partial charge in [-0.3, -0.25) is 4.79 Å². The number of amides is 1. The van der Waals surface area contributed by atoms with E-state index >= 15 is 0 Å². The summed E-state index contributed by atoms with van der Waals surface area (Å²) in [6, 6.07) is 11.1. The number of hydrogen-bond acceptors (Lipinski definition) is 2. The molecule has 0 spiro atoms. The van der Waals surface area contributed by atoms with Gasteiger partial charge in [-0.1, -0.05) is 49.6 Å². The van der Waals surface area contributed by atoms with Gasteiger partial charge in [0.15, 0.2) is 0 Å². The molecule has 2 aromatic rings. The first kappa shape index (κ1) is 13.9. The fourth-order valence-electron chi connectivity index (χ4n) is 3.16. The van der Waals surface area contributed by atoms with E-state index in [1.165, 1.54) is 32.1 Å². The number of carbonyl (C=O) groups is 1. The van der Waals surface area contributed by atoms with Crippen LogP contribution in [0.4, 0.5) is 0 Å². The Bertz CT molecular complexity index is 645. The fourth-order valence-corrected chi connectivity index (χ4v) is 3.16. The number of benzene rings is 2. The highest BCUT2D eigenvalue weighted by Gasteiger charge is 2.17. The lowest BCUT2D eigenvalue weighted by atomic mass is 9.89. The lowest BCUT2D eigenvalue weighted by molar-refractivity contribution is 0.0941. The molecule has 2 N–H and O–H groups in total. The molecule has 1 saturated carbocycles. The Balaban J connectivity index is 1.73. The molecule has 1 aliphatic rings. The summed E-state index contributed by atoms with van der Waals surface area (Å²) in [4.78, 5) is 12.3. The minimum Gasteiger partial charge on any atom is -0.506 e. The van der Waals surface area contributed by atoms with Crippen LogP contribution in [0.3, 0.4) is 0 Å². The Morgan fingerprint density at radius 3 is 2.67 bits per heavy atom. The van der Waals surface area contributed by atoms with Gasteiger partial charge < -0.3 is 10.4 Å². The van der Waals surface area contributed by atoms with Crippen molar-refractivity contribution in [3.8, 4) is 5.75 Å².